The second kappa shape index (κ2) is 5.26. The van der Waals surface area contributed by atoms with Crippen molar-refractivity contribution in [1.29, 1.82) is 0 Å². The number of rotatable bonds is 2. The van der Waals surface area contributed by atoms with Crippen molar-refractivity contribution in [2.75, 3.05) is 18.8 Å². The highest BCUT2D eigenvalue weighted by molar-refractivity contribution is 5.99. The number of nitrogen functional groups attached to an aromatic ring is 1. The monoisotopic (exact) mass is 265 g/mol. The number of primary amides is 1. The van der Waals surface area contributed by atoms with E-state index in [-0.39, 0.29) is 23.4 Å². The number of likely N-dealkylation sites (tertiary alicyclic amines) is 1. The molecular weight excluding hydrogens is 249 g/mol. The lowest BCUT2D eigenvalue weighted by Gasteiger charge is -2.30. The van der Waals surface area contributed by atoms with E-state index in [0.29, 0.717) is 31.5 Å². The van der Waals surface area contributed by atoms with Crippen molar-refractivity contribution in [2.45, 2.75) is 12.8 Å². The van der Waals surface area contributed by atoms with Gasteiger partial charge in [0.2, 0.25) is 5.91 Å². The van der Waals surface area contributed by atoms with Gasteiger partial charge in [-0.25, -0.2) is 4.39 Å². The molecule has 0 radical (unpaired) electrons. The van der Waals surface area contributed by atoms with Crippen LogP contribution in [-0.2, 0) is 4.79 Å². The molecule has 0 aliphatic carbocycles. The average molecular weight is 265 g/mol. The number of carbonyl (C=O) groups is 2. The van der Waals surface area contributed by atoms with Crippen molar-refractivity contribution in [3.8, 4) is 0 Å². The fourth-order valence-electron chi connectivity index (χ4n) is 2.27. The van der Waals surface area contributed by atoms with Gasteiger partial charge in [0.05, 0.1) is 5.56 Å². The maximum atomic E-state index is 12.9. The summed E-state index contributed by atoms with van der Waals surface area (Å²) >= 11 is 0. The van der Waals surface area contributed by atoms with Crippen LogP contribution in [0.1, 0.15) is 23.2 Å². The highest BCUT2D eigenvalue weighted by atomic mass is 19.1. The first-order valence-electron chi connectivity index (χ1n) is 6.12. The number of hydrogen-bond donors (Lipinski definition) is 2. The first kappa shape index (κ1) is 13.3. The zero-order chi connectivity index (χ0) is 14.0. The minimum absolute atomic E-state index is 0.127. The van der Waals surface area contributed by atoms with E-state index in [4.69, 9.17) is 11.5 Å². The summed E-state index contributed by atoms with van der Waals surface area (Å²) < 4.78 is 12.9. The zero-order valence-electron chi connectivity index (χ0n) is 10.4. The smallest absolute Gasteiger partial charge is 0.255 e. The normalized spacial score (nSPS) is 16.4. The van der Waals surface area contributed by atoms with E-state index < -0.39 is 5.82 Å². The molecule has 1 heterocycles. The summed E-state index contributed by atoms with van der Waals surface area (Å²) in [6.07, 6.45) is 1.12. The second-order valence-corrected chi connectivity index (χ2v) is 4.70. The largest absolute Gasteiger partial charge is 0.398 e. The molecule has 1 aliphatic heterocycles. The van der Waals surface area contributed by atoms with Crippen molar-refractivity contribution in [3.63, 3.8) is 0 Å². The Kier molecular flexibility index (Phi) is 3.69. The van der Waals surface area contributed by atoms with Gasteiger partial charge in [-0.05, 0) is 31.0 Å². The Morgan fingerprint density at radius 1 is 1.26 bits per heavy atom. The lowest BCUT2D eigenvalue weighted by molar-refractivity contribution is -0.123. The van der Waals surface area contributed by atoms with Gasteiger partial charge in [0.25, 0.3) is 5.91 Å². The Labute approximate surface area is 110 Å². The number of carbonyl (C=O) groups excluding carboxylic acids is 2. The SMILES string of the molecule is NC(=O)C1CCN(C(=O)c2ccc(F)cc2N)CC1. The molecule has 1 aromatic rings. The number of hydrogen-bond acceptors (Lipinski definition) is 3. The highest BCUT2D eigenvalue weighted by Crippen LogP contribution is 2.21. The molecule has 0 aromatic heterocycles. The van der Waals surface area contributed by atoms with Crippen LogP contribution in [0.15, 0.2) is 18.2 Å². The number of anilines is 1. The molecule has 1 saturated heterocycles. The van der Waals surface area contributed by atoms with Crippen molar-refractivity contribution >= 4 is 17.5 Å². The van der Waals surface area contributed by atoms with Crippen LogP contribution >= 0.6 is 0 Å². The predicted molar refractivity (Wildman–Crippen MR) is 68.6 cm³/mol. The van der Waals surface area contributed by atoms with E-state index in [1.165, 1.54) is 12.1 Å². The van der Waals surface area contributed by atoms with Gasteiger partial charge in [0.15, 0.2) is 0 Å². The number of nitrogens with zero attached hydrogens (tertiary/aromatic N) is 1. The minimum Gasteiger partial charge on any atom is -0.398 e. The molecule has 2 rings (SSSR count). The molecule has 19 heavy (non-hydrogen) atoms. The third-order valence-corrected chi connectivity index (χ3v) is 3.43. The van der Waals surface area contributed by atoms with E-state index in [9.17, 15) is 14.0 Å². The molecule has 0 saturated carbocycles. The van der Waals surface area contributed by atoms with Crippen LogP contribution in [0.4, 0.5) is 10.1 Å². The molecule has 0 unspecified atom stereocenters. The summed E-state index contributed by atoms with van der Waals surface area (Å²) in [5.41, 5.74) is 11.3. The van der Waals surface area contributed by atoms with Crippen molar-refractivity contribution in [3.05, 3.63) is 29.6 Å². The zero-order valence-corrected chi connectivity index (χ0v) is 10.4. The van der Waals surface area contributed by atoms with E-state index in [2.05, 4.69) is 0 Å². The number of benzene rings is 1. The molecule has 1 aromatic carbocycles. The average Bonchev–Trinajstić information content (AvgIpc) is 2.38. The lowest BCUT2D eigenvalue weighted by Crippen LogP contribution is -2.41. The van der Waals surface area contributed by atoms with E-state index in [1.807, 2.05) is 0 Å². The van der Waals surface area contributed by atoms with Crippen LogP contribution in [-0.4, -0.2) is 29.8 Å². The van der Waals surface area contributed by atoms with Gasteiger partial charge in [-0.3, -0.25) is 9.59 Å². The molecule has 0 atom stereocenters. The number of piperidine rings is 1. The third kappa shape index (κ3) is 2.83. The molecule has 4 N–H and O–H groups in total. The summed E-state index contributed by atoms with van der Waals surface area (Å²) in [6, 6.07) is 3.72. The predicted octanol–water partition coefficient (Wildman–Crippen LogP) is 0.745. The third-order valence-electron chi connectivity index (χ3n) is 3.43. The topological polar surface area (TPSA) is 89.4 Å². The first-order valence-corrected chi connectivity index (χ1v) is 6.12. The fourth-order valence-corrected chi connectivity index (χ4v) is 2.27. The van der Waals surface area contributed by atoms with Crippen LogP contribution in [0.2, 0.25) is 0 Å². The van der Waals surface area contributed by atoms with Gasteiger partial charge in [-0.2, -0.15) is 0 Å². The maximum absolute atomic E-state index is 12.9. The maximum Gasteiger partial charge on any atom is 0.255 e. The van der Waals surface area contributed by atoms with Crippen LogP contribution < -0.4 is 11.5 Å². The molecule has 6 heteroatoms. The molecule has 2 amide bonds. The van der Waals surface area contributed by atoms with E-state index >= 15 is 0 Å². The highest BCUT2D eigenvalue weighted by Gasteiger charge is 2.27. The minimum atomic E-state index is -0.471. The first-order chi connectivity index (χ1) is 8.99. The Morgan fingerprint density at radius 2 is 1.89 bits per heavy atom. The van der Waals surface area contributed by atoms with Crippen LogP contribution in [0.25, 0.3) is 0 Å². The fraction of sp³-hybridized carbons (Fsp3) is 0.385. The second-order valence-electron chi connectivity index (χ2n) is 4.70. The van der Waals surface area contributed by atoms with Gasteiger partial charge < -0.3 is 16.4 Å². The van der Waals surface area contributed by atoms with Crippen LogP contribution in [0.3, 0.4) is 0 Å². The van der Waals surface area contributed by atoms with E-state index in [1.54, 1.807) is 4.90 Å². The number of nitrogens with two attached hydrogens (primary N) is 2. The van der Waals surface area contributed by atoms with Gasteiger partial charge >= 0.3 is 0 Å². The quantitative estimate of drug-likeness (QED) is 0.773. The van der Waals surface area contributed by atoms with Gasteiger partial charge in [-0.1, -0.05) is 0 Å². The molecule has 1 fully saturated rings. The molecule has 102 valence electrons. The summed E-state index contributed by atoms with van der Waals surface area (Å²) in [5.74, 6) is -1.20. The van der Waals surface area contributed by atoms with Crippen molar-refractivity contribution in [2.24, 2.45) is 11.7 Å². The lowest BCUT2D eigenvalue weighted by atomic mass is 9.95. The molecule has 0 spiro atoms. The van der Waals surface area contributed by atoms with Crippen LogP contribution in [0, 0.1) is 11.7 Å². The summed E-state index contributed by atoms with van der Waals surface area (Å²) in [6.45, 7) is 0.923. The Bertz CT molecular complexity index is 511. The molecule has 5 nitrogen and oxygen atoms in total. The van der Waals surface area contributed by atoms with E-state index in [0.717, 1.165) is 6.07 Å². The summed E-state index contributed by atoms with van der Waals surface area (Å²) in [5, 5.41) is 0. The number of halogens is 1. The van der Waals surface area contributed by atoms with Crippen molar-refractivity contribution in [1.82, 2.24) is 4.90 Å². The summed E-state index contributed by atoms with van der Waals surface area (Å²) in [4.78, 5) is 24.9. The van der Waals surface area contributed by atoms with Crippen LogP contribution in [0.5, 0.6) is 0 Å². The molecular formula is C13H16FN3O2. The standard InChI is InChI=1S/C13H16FN3O2/c14-9-1-2-10(11(15)7-9)13(19)17-5-3-8(4-6-17)12(16)18/h1-2,7-8H,3-6,15H2,(H2,16,18). The number of amides is 2. The van der Waals surface area contributed by atoms with Gasteiger partial charge in [0, 0.05) is 24.7 Å². The molecule has 0 bridgehead atoms. The Balaban J connectivity index is 2.07. The molecule has 1 aliphatic rings. The Hall–Kier alpha value is -2.11. The van der Waals surface area contributed by atoms with Crippen molar-refractivity contribution < 1.29 is 14.0 Å². The van der Waals surface area contributed by atoms with Gasteiger partial charge in [-0.15, -0.1) is 0 Å². The van der Waals surface area contributed by atoms with Gasteiger partial charge in [0.1, 0.15) is 5.82 Å². The Morgan fingerprint density at radius 3 is 2.42 bits per heavy atom. The summed E-state index contributed by atoms with van der Waals surface area (Å²) in [7, 11) is 0.